The van der Waals surface area contributed by atoms with Crippen molar-refractivity contribution in [1.82, 2.24) is 9.78 Å². The molecule has 1 amide bonds. The zero-order chi connectivity index (χ0) is 20.4. The van der Waals surface area contributed by atoms with Gasteiger partial charge in [-0.3, -0.25) is 4.79 Å². The van der Waals surface area contributed by atoms with Crippen molar-refractivity contribution in [2.24, 2.45) is 0 Å². The zero-order valence-corrected chi connectivity index (χ0v) is 16.9. The second kappa shape index (κ2) is 7.99. The van der Waals surface area contributed by atoms with Crippen LogP contribution in [0.2, 0.25) is 0 Å². The van der Waals surface area contributed by atoms with E-state index < -0.39 is 0 Å². The first-order chi connectivity index (χ1) is 14.1. The number of benzene rings is 2. The van der Waals surface area contributed by atoms with Crippen molar-refractivity contribution >= 4 is 11.7 Å². The number of nitrogens with one attached hydrogen (secondary N) is 1. The van der Waals surface area contributed by atoms with E-state index in [-0.39, 0.29) is 11.8 Å². The second-order valence-corrected chi connectivity index (χ2v) is 7.26. The first-order valence-corrected chi connectivity index (χ1v) is 9.86. The van der Waals surface area contributed by atoms with Crippen LogP contribution in [0, 0.1) is 6.92 Å². The topological polar surface area (TPSA) is 65.4 Å². The van der Waals surface area contributed by atoms with Gasteiger partial charge in [-0.15, -0.1) is 0 Å². The Labute approximate surface area is 170 Å². The van der Waals surface area contributed by atoms with Crippen LogP contribution in [0.1, 0.15) is 42.4 Å². The number of amides is 1. The monoisotopic (exact) mass is 391 g/mol. The molecule has 0 unspecified atom stereocenters. The summed E-state index contributed by atoms with van der Waals surface area (Å²) in [5, 5.41) is 7.55. The van der Waals surface area contributed by atoms with E-state index in [1.807, 2.05) is 55.6 Å². The minimum Gasteiger partial charge on any atom is -0.493 e. The number of carbonyl (C=O) groups excluding carboxylic acids is 1. The molecule has 2 aromatic carbocycles. The van der Waals surface area contributed by atoms with Crippen molar-refractivity contribution in [3.8, 4) is 17.2 Å². The van der Waals surface area contributed by atoms with Gasteiger partial charge in [0.25, 0.3) is 0 Å². The number of aryl methyl sites for hydroxylation is 1. The minimum atomic E-state index is -0.0907. The van der Waals surface area contributed by atoms with Crippen LogP contribution in [-0.4, -0.2) is 29.4 Å². The molecule has 1 aliphatic heterocycles. The predicted molar refractivity (Wildman–Crippen MR) is 112 cm³/mol. The highest BCUT2D eigenvalue weighted by molar-refractivity contribution is 5.94. The van der Waals surface area contributed by atoms with E-state index in [2.05, 4.69) is 17.3 Å². The van der Waals surface area contributed by atoms with Gasteiger partial charge in [-0.25, -0.2) is 4.68 Å². The van der Waals surface area contributed by atoms with Crippen molar-refractivity contribution in [2.75, 3.05) is 19.0 Å². The molecule has 0 saturated carbocycles. The first kappa shape index (κ1) is 19.1. The number of rotatable bonds is 6. The molecule has 4 rings (SSSR count). The number of nitrogens with zero attached hydrogens (tertiary/aromatic N) is 2. The van der Waals surface area contributed by atoms with Gasteiger partial charge in [0, 0.05) is 17.9 Å². The maximum atomic E-state index is 12.5. The van der Waals surface area contributed by atoms with Crippen LogP contribution in [-0.2, 0) is 4.79 Å². The van der Waals surface area contributed by atoms with Crippen molar-refractivity contribution in [3.63, 3.8) is 0 Å². The van der Waals surface area contributed by atoms with E-state index in [1.165, 1.54) is 5.56 Å². The van der Waals surface area contributed by atoms with Crippen LogP contribution in [0.3, 0.4) is 0 Å². The van der Waals surface area contributed by atoms with Gasteiger partial charge in [0.1, 0.15) is 5.82 Å². The summed E-state index contributed by atoms with van der Waals surface area (Å²) in [5.74, 6) is 2.00. The zero-order valence-electron chi connectivity index (χ0n) is 16.9. The number of hydrogen-bond acceptors (Lipinski definition) is 4. The molecule has 2 heterocycles. The molecule has 29 heavy (non-hydrogen) atoms. The number of anilines is 1. The van der Waals surface area contributed by atoms with Crippen LogP contribution in [0.4, 0.5) is 5.82 Å². The summed E-state index contributed by atoms with van der Waals surface area (Å²) < 4.78 is 13.1. The summed E-state index contributed by atoms with van der Waals surface area (Å²) in [5.41, 5.74) is 4.09. The molecule has 0 saturated heterocycles. The van der Waals surface area contributed by atoms with Crippen LogP contribution in [0.25, 0.3) is 5.69 Å². The van der Waals surface area contributed by atoms with E-state index in [0.29, 0.717) is 24.5 Å². The SMILES string of the molecule is CCCOc1ccc([C@@H]2CC(=O)Nc3c2cnn3-c2ccc(C)cc2)cc1OC. The minimum absolute atomic E-state index is 0.0263. The van der Waals surface area contributed by atoms with Crippen molar-refractivity contribution in [3.05, 3.63) is 65.4 Å². The molecule has 0 spiro atoms. The number of carbonyl (C=O) groups is 1. The van der Waals surface area contributed by atoms with E-state index >= 15 is 0 Å². The summed E-state index contributed by atoms with van der Waals surface area (Å²) >= 11 is 0. The quantitative estimate of drug-likeness (QED) is 0.674. The van der Waals surface area contributed by atoms with Gasteiger partial charge in [0.05, 0.1) is 25.6 Å². The number of methoxy groups -OCH3 is 1. The molecule has 0 bridgehead atoms. The summed E-state index contributed by atoms with van der Waals surface area (Å²) in [7, 11) is 1.63. The number of fused-ring (bicyclic) bond motifs is 1. The Balaban J connectivity index is 1.72. The fourth-order valence-electron chi connectivity index (χ4n) is 3.63. The summed E-state index contributed by atoms with van der Waals surface area (Å²) in [6.07, 6.45) is 3.13. The highest BCUT2D eigenvalue weighted by atomic mass is 16.5. The van der Waals surface area contributed by atoms with Crippen molar-refractivity contribution in [2.45, 2.75) is 32.6 Å². The van der Waals surface area contributed by atoms with Gasteiger partial charge < -0.3 is 14.8 Å². The summed E-state index contributed by atoms with van der Waals surface area (Å²) in [6.45, 7) is 4.74. The lowest BCUT2D eigenvalue weighted by Crippen LogP contribution is -2.24. The average molecular weight is 391 g/mol. The highest BCUT2D eigenvalue weighted by Gasteiger charge is 2.31. The Kier molecular flexibility index (Phi) is 5.25. The molecule has 150 valence electrons. The normalized spacial score (nSPS) is 15.6. The molecule has 1 aromatic heterocycles. The Morgan fingerprint density at radius 3 is 2.69 bits per heavy atom. The number of hydrogen-bond donors (Lipinski definition) is 1. The molecular formula is C23H25N3O3. The Morgan fingerprint density at radius 1 is 1.17 bits per heavy atom. The van der Waals surface area contributed by atoms with E-state index in [0.717, 1.165) is 29.1 Å². The third-order valence-corrected chi connectivity index (χ3v) is 5.15. The Hall–Kier alpha value is -3.28. The number of ether oxygens (including phenoxy) is 2. The van der Waals surface area contributed by atoms with Crippen molar-refractivity contribution < 1.29 is 14.3 Å². The Morgan fingerprint density at radius 2 is 1.97 bits per heavy atom. The van der Waals surface area contributed by atoms with Crippen LogP contribution in [0.15, 0.2) is 48.7 Å². The molecule has 0 fully saturated rings. The van der Waals surface area contributed by atoms with E-state index in [1.54, 1.807) is 11.8 Å². The van der Waals surface area contributed by atoms with E-state index in [9.17, 15) is 4.79 Å². The molecule has 6 nitrogen and oxygen atoms in total. The lowest BCUT2D eigenvalue weighted by Gasteiger charge is -2.24. The maximum Gasteiger partial charge on any atom is 0.226 e. The largest absolute Gasteiger partial charge is 0.493 e. The molecule has 6 heteroatoms. The smallest absolute Gasteiger partial charge is 0.226 e. The van der Waals surface area contributed by atoms with Crippen LogP contribution >= 0.6 is 0 Å². The highest BCUT2D eigenvalue weighted by Crippen LogP contribution is 2.40. The lowest BCUT2D eigenvalue weighted by molar-refractivity contribution is -0.116. The van der Waals surface area contributed by atoms with Crippen LogP contribution in [0.5, 0.6) is 11.5 Å². The second-order valence-electron chi connectivity index (χ2n) is 7.26. The molecular weight excluding hydrogens is 366 g/mol. The average Bonchev–Trinajstić information content (AvgIpc) is 3.15. The first-order valence-electron chi connectivity index (χ1n) is 9.86. The molecule has 1 N–H and O–H groups in total. The van der Waals surface area contributed by atoms with Gasteiger partial charge in [0.2, 0.25) is 5.91 Å². The molecule has 3 aromatic rings. The summed E-state index contributed by atoms with van der Waals surface area (Å²) in [6, 6.07) is 13.9. The van der Waals surface area contributed by atoms with Gasteiger partial charge in [-0.05, 0) is 43.2 Å². The van der Waals surface area contributed by atoms with Gasteiger partial charge in [-0.2, -0.15) is 5.10 Å². The summed E-state index contributed by atoms with van der Waals surface area (Å²) in [4.78, 5) is 12.5. The molecule has 1 atom stereocenters. The maximum absolute atomic E-state index is 12.5. The standard InChI is InChI=1S/C23H25N3O3/c1-4-11-29-20-10-7-16(12-21(20)28-3)18-13-22(27)25-23-19(18)14-24-26(23)17-8-5-15(2)6-9-17/h5-10,12,14,18H,4,11,13H2,1-3H3,(H,25,27)/t18-/m0/s1. The van der Waals surface area contributed by atoms with E-state index in [4.69, 9.17) is 9.47 Å². The third-order valence-electron chi connectivity index (χ3n) is 5.15. The predicted octanol–water partition coefficient (Wildman–Crippen LogP) is 4.45. The fraction of sp³-hybridized carbons (Fsp3) is 0.304. The third kappa shape index (κ3) is 3.70. The Bertz CT molecular complexity index is 1020. The van der Waals surface area contributed by atoms with Crippen LogP contribution < -0.4 is 14.8 Å². The van der Waals surface area contributed by atoms with Gasteiger partial charge >= 0.3 is 0 Å². The van der Waals surface area contributed by atoms with Gasteiger partial charge in [-0.1, -0.05) is 30.7 Å². The van der Waals surface area contributed by atoms with Gasteiger partial charge in [0.15, 0.2) is 11.5 Å². The molecule has 0 aliphatic carbocycles. The fourth-order valence-corrected chi connectivity index (χ4v) is 3.63. The molecule has 1 aliphatic rings. The molecule has 0 radical (unpaired) electrons. The lowest BCUT2D eigenvalue weighted by atomic mass is 9.87. The number of aromatic nitrogens is 2. The van der Waals surface area contributed by atoms with Crippen molar-refractivity contribution in [1.29, 1.82) is 0 Å².